The molecule has 0 saturated carbocycles. The molecule has 6 nitrogen and oxygen atoms in total. The summed E-state index contributed by atoms with van der Waals surface area (Å²) in [6.07, 6.45) is 2.52. The molecule has 0 radical (unpaired) electrons. The molecule has 2 fully saturated rings. The van der Waals surface area contributed by atoms with E-state index in [9.17, 15) is 0 Å². The number of methoxy groups -OCH3 is 1. The Labute approximate surface area is 190 Å². The van der Waals surface area contributed by atoms with Gasteiger partial charge in [0.1, 0.15) is 5.75 Å². The Balaban J connectivity index is 1.21. The minimum atomic E-state index is 0.728. The van der Waals surface area contributed by atoms with E-state index >= 15 is 0 Å². The summed E-state index contributed by atoms with van der Waals surface area (Å²) in [6, 6.07) is 12.7. The molecule has 0 unspecified atom stereocenters. The van der Waals surface area contributed by atoms with Crippen molar-refractivity contribution < 1.29 is 4.74 Å². The van der Waals surface area contributed by atoms with Crippen LogP contribution in [0.15, 0.2) is 46.8 Å². The highest BCUT2D eigenvalue weighted by atomic mass is 32.1. The molecule has 4 rings (SSSR count). The number of rotatable bonds is 6. The van der Waals surface area contributed by atoms with E-state index in [1.165, 1.54) is 36.5 Å². The predicted molar refractivity (Wildman–Crippen MR) is 130 cm³/mol. The summed E-state index contributed by atoms with van der Waals surface area (Å²) in [6.45, 7) is 8.40. The van der Waals surface area contributed by atoms with E-state index in [-0.39, 0.29) is 0 Å². The lowest BCUT2D eigenvalue weighted by atomic mass is 9.97. The number of aliphatic imine (C=N–C) groups is 1. The number of piperazine rings is 1. The van der Waals surface area contributed by atoms with Crippen LogP contribution in [0.5, 0.6) is 5.75 Å². The number of piperidine rings is 1. The van der Waals surface area contributed by atoms with Crippen molar-refractivity contribution in [3.63, 3.8) is 0 Å². The molecule has 2 aromatic rings. The summed E-state index contributed by atoms with van der Waals surface area (Å²) in [4.78, 5) is 13.4. The molecule has 1 N–H and O–H groups in total. The number of benzene rings is 1. The Hall–Kier alpha value is -2.25. The first-order valence-electron chi connectivity index (χ1n) is 11.3. The SMILES string of the molecule is CN=C(NCC1CCN(Cc2cccs2)CC1)N1CCN(c2ccccc2OC)CC1. The lowest BCUT2D eigenvalue weighted by molar-refractivity contribution is 0.178. The molecule has 0 spiro atoms. The van der Waals surface area contributed by atoms with E-state index < -0.39 is 0 Å². The van der Waals surface area contributed by atoms with E-state index in [2.05, 4.69) is 54.7 Å². The summed E-state index contributed by atoms with van der Waals surface area (Å²) >= 11 is 1.87. The van der Waals surface area contributed by atoms with Gasteiger partial charge in [-0.25, -0.2) is 0 Å². The first-order valence-corrected chi connectivity index (χ1v) is 12.2. The molecule has 2 aliphatic heterocycles. The van der Waals surface area contributed by atoms with E-state index in [1.54, 1.807) is 7.11 Å². The highest BCUT2D eigenvalue weighted by molar-refractivity contribution is 7.09. The fourth-order valence-electron chi connectivity index (χ4n) is 4.59. The molecule has 2 aliphatic rings. The van der Waals surface area contributed by atoms with Gasteiger partial charge in [0.15, 0.2) is 5.96 Å². The summed E-state index contributed by atoms with van der Waals surface area (Å²) in [5.41, 5.74) is 1.18. The molecule has 3 heterocycles. The number of nitrogens with one attached hydrogen (secondary N) is 1. The Morgan fingerprint density at radius 1 is 1.06 bits per heavy atom. The minimum Gasteiger partial charge on any atom is -0.495 e. The van der Waals surface area contributed by atoms with Gasteiger partial charge < -0.3 is 19.9 Å². The third kappa shape index (κ3) is 5.71. The zero-order chi connectivity index (χ0) is 21.5. The number of thiophene rings is 1. The fraction of sp³-hybridized carbons (Fsp3) is 0.542. The molecule has 31 heavy (non-hydrogen) atoms. The molecular formula is C24H35N5OS. The van der Waals surface area contributed by atoms with Gasteiger partial charge in [0.2, 0.25) is 0 Å². The maximum Gasteiger partial charge on any atom is 0.193 e. The summed E-state index contributed by atoms with van der Waals surface area (Å²) in [7, 11) is 3.64. The normalized spacial score (nSPS) is 19.0. The highest BCUT2D eigenvalue weighted by Crippen LogP contribution is 2.28. The average Bonchev–Trinajstić information content (AvgIpc) is 3.34. The van der Waals surface area contributed by atoms with Crippen LogP contribution in [0.1, 0.15) is 17.7 Å². The molecule has 0 aliphatic carbocycles. The molecule has 0 atom stereocenters. The number of nitrogens with zero attached hydrogens (tertiary/aromatic N) is 4. The second kappa shape index (κ2) is 10.9. The zero-order valence-corrected chi connectivity index (χ0v) is 19.6. The number of hydrogen-bond acceptors (Lipinski definition) is 5. The number of hydrogen-bond donors (Lipinski definition) is 1. The second-order valence-corrected chi connectivity index (χ2v) is 9.41. The highest BCUT2D eigenvalue weighted by Gasteiger charge is 2.23. The number of anilines is 1. The third-order valence-electron chi connectivity index (χ3n) is 6.43. The van der Waals surface area contributed by atoms with Crippen molar-refractivity contribution in [2.24, 2.45) is 10.9 Å². The van der Waals surface area contributed by atoms with Crippen LogP contribution < -0.4 is 15.0 Å². The fourth-order valence-corrected chi connectivity index (χ4v) is 5.34. The summed E-state index contributed by atoms with van der Waals surface area (Å²) in [5, 5.41) is 5.84. The van der Waals surface area contributed by atoms with Gasteiger partial charge in [-0.15, -0.1) is 11.3 Å². The number of guanidine groups is 1. The molecule has 0 amide bonds. The maximum atomic E-state index is 5.54. The summed E-state index contributed by atoms with van der Waals surface area (Å²) in [5.74, 6) is 2.72. The zero-order valence-electron chi connectivity index (χ0n) is 18.8. The van der Waals surface area contributed by atoms with Crippen LogP contribution in [0.3, 0.4) is 0 Å². The third-order valence-corrected chi connectivity index (χ3v) is 7.29. The average molecular weight is 442 g/mol. The van der Waals surface area contributed by atoms with Crippen molar-refractivity contribution >= 4 is 23.0 Å². The lowest BCUT2D eigenvalue weighted by Crippen LogP contribution is -2.53. The van der Waals surface area contributed by atoms with Gasteiger partial charge in [-0.3, -0.25) is 9.89 Å². The summed E-state index contributed by atoms with van der Waals surface area (Å²) < 4.78 is 5.54. The molecule has 2 saturated heterocycles. The van der Waals surface area contributed by atoms with Gasteiger partial charge in [0.05, 0.1) is 12.8 Å². The van der Waals surface area contributed by atoms with Gasteiger partial charge in [-0.2, -0.15) is 0 Å². The van der Waals surface area contributed by atoms with E-state index in [0.29, 0.717) is 0 Å². The van der Waals surface area contributed by atoms with Gasteiger partial charge in [-0.05, 0) is 55.4 Å². The first-order chi connectivity index (χ1) is 15.3. The van der Waals surface area contributed by atoms with Crippen molar-refractivity contribution in [1.29, 1.82) is 0 Å². The lowest BCUT2D eigenvalue weighted by Gasteiger charge is -2.38. The Kier molecular flexibility index (Phi) is 7.70. The van der Waals surface area contributed by atoms with Crippen LogP contribution in [-0.4, -0.2) is 75.7 Å². The van der Waals surface area contributed by atoms with Crippen LogP contribution in [0, 0.1) is 5.92 Å². The minimum absolute atomic E-state index is 0.728. The number of likely N-dealkylation sites (tertiary alicyclic amines) is 1. The predicted octanol–water partition coefficient (Wildman–Crippen LogP) is 3.37. The largest absolute Gasteiger partial charge is 0.495 e. The van der Waals surface area contributed by atoms with Crippen molar-refractivity contribution in [3.05, 3.63) is 46.7 Å². The van der Waals surface area contributed by atoms with Crippen LogP contribution in [0.4, 0.5) is 5.69 Å². The van der Waals surface area contributed by atoms with Crippen LogP contribution in [0.2, 0.25) is 0 Å². The van der Waals surface area contributed by atoms with Gasteiger partial charge in [0, 0.05) is 51.2 Å². The van der Waals surface area contributed by atoms with Gasteiger partial charge >= 0.3 is 0 Å². The maximum absolute atomic E-state index is 5.54. The van der Waals surface area contributed by atoms with E-state index in [0.717, 1.165) is 56.9 Å². The second-order valence-electron chi connectivity index (χ2n) is 8.37. The molecule has 0 bridgehead atoms. The number of ether oxygens (including phenoxy) is 1. The molecule has 1 aromatic carbocycles. The van der Waals surface area contributed by atoms with Gasteiger partial charge in [-0.1, -0.05) is 18.2 Å². The van der Waals surface area contributed by atoms with Crippen molar-refractivity contribution in [2.45, 2.75) is 19.4 Å². The van der Waals surface area contributed by atoms with E-state index in [1.807, 2.05) is 30.5 Å². The van der Waals surface area contributed by atoms with Crippen LogP contribution in [-0.2, 0) is 6.54 Å². The Morgan fingerprint density at radius 2 is 1.84 bits per heavy atom. The monoisotopic (exact) mass is 441 g/mol. The Morgan fingerprint density at radius 3 is 2.52 bits per heavy atom. The van der Waals surface area contributed by atoms with Crippen LogP contribution >= 0.6 is 11.3 Å². The smallest absolute Gasteiger partial charge is 0.193 e. The molecule has 1 aromatic heterocycles. The first kappa shape index (κ1) is 22.0. The quantitative estimate of drug-likeness (QED) is 0.550. The van der Waals surface area contributed by atoms with E-state index in [4.69, 9.17) is 4.74 Å². The van der Waals surface area contributed by atoms with Crippen molar-refractivity contribution in [1.82, 2.24) is 15.1 Å². The number of para-hydroxylation sites is 2. The molecule has 7 heteroatoms. The van der Waals surface area contributed by atoms with Crippen molar-refractivity contribution in [2.75, 3.05) is 64.9 Å². The molecule has 168 valence electrons. The van der Waals surface area contributed by atoms with Crippen LogP contribution in [0.25, 0.3) is 0 Å². The molecular weight excluding hydrogens is 406 g/mol. The topological polar surface area (TPSA) is 43.3 Å². The Bertz CT molecular complexity index is 824. The van der Waals surface area contributed by atoms with Gasteiger partial charge in [0.25, 0.3) is 0 Å². The van der Waals surface area contributed by atoms with Crippen molar-refractivity contribution in [3.8, 4) is 5.75 Å². The standard InChI is InChI=1S/C24H35N5OS/c1-25-24(26-18-20-9-11-27(12-10-20)19-21-6-5-17-31-21)29-15-13-28(14-16-29)22-7-3-4-8-23(22)30-2/h3-8,17,20H,9-16,18-19H2,1-2H3,(H,25,26).